The summed E-state index contributed by atoms with van der Waals surface area (Å²) >= 11 is 0. The topological polar surface area (TPSA) is 95.3 Å². The standard InChI is InChI=1S/C10H16N2O4/c1-7-6-12(10(16)11-9(7)15)4-2-8(14)3-5-13/h6,8,13-14H,2-5H2,1H3,(H,11,15,16)/t8-/m0/s1. The minimum absolute atomic E-state index is 0.0826. The molecule has 0 radical (unpaired) electrons. The fraction of sp³-hybridized carbons (Fsp3) is 0.600. The number of aromatic nitrogens is 2. The van der Waals surface area contributed by atoms with Crippen LogP contribution >= 0.6 is 0 Å². The Kier molecular flexibility index (Phi) is 4.45. The van der Waals surface area contributed by atoms with E-state index in [1.165, 1.54) is 10.8 Å². The summed E-state index contributed by atoms with van der Waals surface area (Å²) < 4.78 is 1.34. The van der Waals surface area contributed by atoms with Crippen LogP contribution in [0.2, 0.25) is 0 Å². The van der Waals surface area contributed by atoms with Crippen LogP contribution in [0.15, 0.2) is 15.8 Å². The van der Waals surface area contributed by atoms with Crippen LogP contribution in [0.4, 0.5) is 0 Å². The zero-order chi connectivity index (χ0) is 12.1. The van der Waals surface area contributed by atoms with Gasteiger partial charge in [-0.3, -0.25) is 9.78 Å². The normalized spacial score (nSPS) is 12.7. The molecule has 1 aromatic heterocycles. The van der Waals surface area contributed by atoms with Gasteiger partial charge in [0.25, 0.3) is 5.56 Å². The predicted molar refractivity (Wildman–Crippen MR) is 58.4 cm³/mol. The van der Waals surface area contributed by atoms with Gasteiger partial charge in [0.15, 0.2) is 0 Å². The Hall–Kier alpha value is -1.40. The zero-order valence-electron chi connectivity index (χ0n) is 9.14. The van der Waals surface area contributed by atoms with Crippen molar-refractivity contribution >= 4 is 0 Å². The van der Waals surface area contributed by atoms with Gasteiger partial charge in [0.05, 0.1) is 6.10 Å². The first-order valence-electron chi connectivity index (χ1n) is 5.14. The molecule has 6 heteroatoms. The zero-order valence-corrected chi connectivity index (χ0v) is 9.14. The molecule has 0 aliphatic heterocycles. The van der Waals surface area contributed by atoms with Crippen LogP contribution in [-0.4, -0.2) is 32.5 Å². The Labute approximate surface area is 92.2 Å². The molecule has 1 aromatic rings. The van der Waals surface area contributed by atoms with Gasteiger partial charge in [-0.2, -0.15) is 0 Å². The molecule has 0 saturated heterocycles. The lowest BCUT2D eigenvalue weighted by Crippen LogP contribution is -2.31. The number of nitrogens with zero attached hydrogens (tertiary/aromatic N) is 1. The average Bonchev–Trinajstić information content (AvgIpc) is 2.22. The van der Waals surface area contributed by atoms with Gasteiger partial charge >= 0.3 is 5.69 Å². The summed E-state index contributed by atoms with van der Waals surface area (Å²) in [6.45, 7) is 1.84. The molecule has 0 fully saturated rings. The Morgan fingerprint density at radius 2 is 2.12 bits per heavy atom. The van der Waals surface area contributed by atoms with E-state index in [-0.39, 0.29) is 13.0 Å². The fourth-order valence-electron chi connectivity index (χ4n) is 1.37. The molecule has 0 aromatic carbocycles. The maximum atomic E-state index is 11.3. The van der Waals surface area contributed by atoms with E-state index in [2.05, 4.69) is 4.98 Å². The maximum absolute atomic E-state index is 11.3. The molecule has 3 N–H and O–H groups in total. The molecule has 6 nitrogen and oxygen atoms in total. The molecule has 90 valence electrons. The maximum Gasteiger partial charge on any atom is 0.328 e. The molecule has 0 spiro atoms. The van der Waals surface area contributed by atoms with Crippen molar-refractivity contribution in [2.45, 2.75) is 32.4 Å². The lowest BCUT2D eigenvalue weighted by molar-refractivity contribution is 0.120. The van der Waals surface area contributed by atoms with Gasteiger partial charge in [0.1, 0.15) is 0 Å². The van der Waals surface area contributed by atoms with Gasteiger partial charge in [-0.15, -0.1) is 0 Å². The molecule has 0 aliphatic carbocycles. The molecule has 0 unspecified atom stereocenters. The number of H-pyrrole nitrogens is 1. The molecule has 1 heterocycles. The highest BCUT2D eigenvalue weighted by molar-refractivity contribution is 5.00. The molecule has 0 aliphatic rings. The second kappa shape index (κ2) is 5.62. The van der Waals surface area contributed by atoms with Crippen molar-refractivity contribution in [2.75, 3.05) is 6.61 Å². The third-order valence-corrected chi connectivity index (χ3v) is 2.35. The highest BCUT2D eigenvalue weighted by Gasteiger charge is 2.05. The number of rotatable bonds is 5. The van der Waals surface area contributed by atoms with Gasteiger partial charge in [-0.05, 0) is 19.8 Å². The molecular weight excluding hydrogens is 212 g/mol. The van der Waals surface area contributed by atoms with E-state index < -0.39 is 17.4 Å². The summed E-state index contributed by atoms with van der Waals surface area (Å²) in [5.41, 5.74) is -0.416. The van der Waals surface area contributed by atoms with Crippen LogP contribution in [0.1, 0.15) is 18.4 Å². The highest BCUT2D eigenvalue weighted by Crippen LogP contribution is 1.98. The largest absolute Gasteiger partial charge is 0.396 e. The SMILES string of the molecule is Cc1cn(CC[C@H](O)CCO)c(=O)[nH]c1=O. The Morgan fingerprint density at radius 3 is 2.75 bits per heavy atom. The summed E-state index contributed by atoms with van der Waals surface area (Å²) in [6.07, 6.45) is 1.49. The van der Waals surface area contributed by atoms with Gasteiger partial charge in [-0.1, -0.05) is 0 Å². The van der Waals surface area contributed by atoms with Gasteiger partial charge in [-0.25, -0.2) is 4.79 Å². The van der Waals surface area contributed by atoms with E-state index >= 15 is 0 Å². The van der Waals surface area contributed by atoms with E-state index in [0.29, 0.717) is 18.5 Å². The van der Waals surface area contributed by atoms with Crippen LogP contribution in [0.3, 0.4) is 0 Å². The van der Waals surface area contributed by atoms with Crippen LogP contribution in [0.25, 0.3) is 0 Å². The first kappa shape index (κ1) is 12.7. The van der Waals surface area contributed by atoms with Crippen molar-refractivity contribution in [3.8, 4) is 0 Å². The Balaban J connectivity index is 2.71. The lowest BCUT2D eigenvalue weighted by Gasteiger charge is -2.10. The minimum Gasteiger partial charge on any atom is -0.396 e. The van der Waals surface area contributed by atoms with E-state index in [1.807, 2.05) is 0 Å². The molecule has 16 heavy (non-hydrogen) atoms. The minimum atomic E-state index is -0.635. The number of hydrogen-bond donors (Lipinski definition) is 3. The summed E-state index contributed by atoms with van der Waals surface area (Å²) in [5.74, 6) is 0. The second-order valence-corrected chi connectivity index (χ2v) is 3.72. The van der Waals surface area contributed by atoms with Gasteiger partial charge in [0.2, 0.25) is 0 Å². The van der Waals surface area contributed by atoms with E-state index in [1.54, 1.807) is 6.92 Å². The molecule has 0 amide bonds. The fourth-order valence-corrected chi connectivity index (χ4v) is 1.37. The molecule has 1 rings (SSSR count). The number of aryl methyl sites for hydroxylation is 2. The third kappa shape index (κ3) is 3.32. The van der Waals surface area contributed by atoms with Crippen molar-refractivity contribution in [2.24, 2.45) is 0 Å². The molecule has 0 saturated carbocycles. The van der Waals surface area contributed by atoms with Gasteiger partial charge in [0, 0.05) is 24.9 Å². The number of hydrogen-bond acceptors (Lipinski definition) is 4. The highest BCUT2D eigenvalue weighted by atomic mass is 16.3. The summed E-state index contributed by atoms with van der Waals surface area (Å²) in [4.78, 5) is 24.6. The number of aliphatic hydroxyl groups excluding tert-OH is 2. The van der Waals surface area contributed by atoms with Crippen LogP contribution in [0, 0.1) is 6.92 Å². The Bertz CT molecular complexity index is 449. The summed E-state index contributed by atoms with van der Waals surface area (Å²) in [5, 5.41) is 18.0. The van der Waals surface area contributed by atoms with E-state index in [0.717, 1.165) is 0 Å². The molecular formula is C10H16N2O4. The van der Waals surface area contributed by atoms with Crippen molar-refractivity contribution < 1.29 is 10.2 Å². The molecule has 0 bridgehead atoms. The second-order valence-electron chi connectivity index (χ2n) is 3.72. The lowest BCUT2D eigenvalue weighted by atomic mass is 10.2. The van der Waals surface area contributed by atoms with Crippen LogP contribution in [-0.2, 0) is 6.54 Å². The number of nitrogens with one attached hydrogen (secondary N) is 1. The smallest absolute Gasteiger partial charge is 0.328 e. The van der Waals surface area contributed by atoms with E-state index in [9.17, 15) is 14.7 Å². The van der Waals surface area contributed by atoms with Gasteiger partial charge < -0.3 is 14.8 Å². The van der Waals surface area contributed by atoms with Crippen LogP contribution in [0.5, 0.6) is 0 Å². The van der Waals surface area contributed by atoms with Crippen molar-refractivity contribution in [1.82, 2.24) is 9.55 Å². The van der Waals surface area contributed by atoms with E-state index in [4.69, 9.17) is 5.11 Å². The summed E-state index contributed by atoms with van der Waals surface area (Å²) in [7, 11) is 0. The third-order valence-electron chi connectivity index (χ3n) is 2.35. The summed E-state index contributed by atoms with van der Waals surface area (Å²) in [6, 6.07) is 0. The van der Waals surface area contributed by atoms with Crippen molar-refractivity contribution in [1.29, 1.82) is 0 Å². The van der Waals surface area contributed by atoms with Crippen molar-refractivity contribution in [3.63, 3.8) is 0 Å². The monoisotopic (exact) mass is 228 g/mol. The number of aliphatic hydroxyl groups is 2. The average molecular weight is 228 g/mol. The Morgan fingerprint density at radius 1 is 1.44 bits per heavy atom. The first-order valence-corrected chi connectivity index (χ1v) is 5.14. The predicted octanol–water partition coefficient (Wildman–Crippen LogP) is -1.02. The molecule has 1 atom stereocenters. The van der Waals surface area contributed by atoms with Crippen molar-refractivity contribution in [3.05, 3.63) is 32.6 Å². The van der Waals surface area contributed by atoms with Crippen LogP contribution < -0.4 is 11.2 Å². The first-order chi connectivity index (χ1) is 7.54. The quantitative estimate of drug-likeness (QED) is 0.601. The number of aromatic amines is 1.